The minimum absolute atomic E-state index is 0.373. The Bertz CT molecular complexity index is 588. The SMILES string of the molecule is Cc1nnc(CN2CCC(OCc3ccccc3)CC2)n1C. The van der Waals surface area contributed by atoms with Crippen molar-refractivity contribution in [2.45, 2.75) is 39.0 Å². The second-order valence-electron chi connectivity index (χ2n) is 5.99. The van der Waals surface area contributed by atoms with E-state index < -0.39 is 0 Å². The first-order valence-corrected chi connectivity index (χ1v) is 7.95. The van der Waals surface area contributed by atoms with Crippen molar-refractivity contribution in [2.75, 3.05) is 13.1 Å². The van der Waals surface area contributed by atoms with Crippen LogP contribution >= 0.6 is 0 Å². The summed E-state index contributed by atoms with van der Waals surface area (Å²) in [6.07, 6.45) is 2.55. The van der Waals surface area contributed by atoms with Gasteiger partial charge in [0.1, 0.15) is 11.6 Å². The van der Waals surface area contributed by atoms with Crippen LogP contribution in [0.3, 0.4) is 0 Å². The molecule has 0 unspecified atom stereocenters. The standard InChI is InChI=1S/C17H24N4O/c1-14-18-19-17(20(14)2)12-21-10-8-16(9-11-21)22-13-15-6-4-3-5-7-15/h3-7,16H,8-13H2,1-2H3. The van der Waals surface area contributed by atoms with E-state index in [4.69, 9.17) is 4.74 Å². The molecule has 0 bridgehead atoms. The van der Waals surface area contributed by atoms with E-state index in [0.29, 0.717) is 12.7 Å². The van der Waals surface area contributed by atoms with Crippen LogP contribution in [0.5, 0.6) is 0 Å². The van der Waals surface area contributed by atoms with Gasteiger partial charge in [0.2, 0.25) is 0 Å². The molecule has 1 aliphatic rings. The Labute approximate surface area is 131 Å². The maximum absolute atomic E-state index is 6.04. The Balaban J connectivity index is 1.43. The maximum Gasteiger partial charge on any atom is 0.146 e. The lowest BCUT2D eigenvalue weighted by molar-refractivity contribution is -0.00451. The minimum Gasteiger partial charge on any atom is -0.373 e. The molecule has 1 aliphatic heterocycles. The molecule has 118 valence electrons. The third-order valence-electron chi connectivity index (χ3n) is 4.41. The molecule has 0 amide bonds. The number of benzene rings is 1. The predicted octanol–water partition coefficient (Wildman–Crippen LogP) is 2.30. The van der Waals surface area contributed by atoms with Gasteiger partial charge in [-0.2, -0.15) is 0 Å². The van der Waals surface area contributed by atoms with Crippen molar-refractivity contribution in [1.29, 1.82) is 0 Å². The molecule has 0 atom stereocenters. The average molecular weight is 300 g/mol. The molecule has 5 heteroatoms. The summed E-state index contributed by atoms with van der Waals surface area (Å²) in [5, 5.41) is 8.37. The van der Waals surface area contributed by atoms with E-state index in [9.17, 15) is 0 Å². The van der Waals surface area contributed by atoms with Crippen molar-refractivity contribution in [3.8, 4) is 0 Å². The smallest absolute Gasteiger partial charge is 0.146 e. The predicted molar refractivity (Wildman–Crippen MR) is 85.3 cm³/mol. The van der Waals surface area contributed by atoms with Gasteiger partial charge in [0.25, 0.3) is 0 Å². The van der Waals surface area contributed by atoms with Gasteiger partial charge in [-0.15, -0.1) is 10.2 Å². The molecule has 1 aromatic heterocycles. The zero-order valence-electron chi connectivity index (χ0n) is 13.4. The first-order valence-electron chi connectivity index (χ1n) is 7.95. The van der Waals surface area contributed by atoms with Gasteiger partial charge in [0, 0.05) is 20.1 Å². The molecule has 2 aromatic rings. The summed E-state index contributed by atoms with van der Waals surface area (Å²) in [4.78, 5) is 2.44. The van der Waals surface area contributed by atoms with E-state index in [1.807, 2.05) is 20.0 Å². The van der Waals surface area contributed by atoms with Crippen LogP contribution in [0.15, 0.2) is 30.3 Å². The lowest BCUT2D eigenvalue weighted by Gasteiger charge is -2.31. The van der Waals surface area contributed by atoms with Crippen LogP contribution in [-0.4, -0.2) is 38.9 Å². The molecule has 0 saturated carbocycles. The molecule has 1 fully saturated rings. The van der Waals surface area contributed by atoms with Gasteiger partial charge in [0.05, 0.1) is 19.3 Å². The number of piperidine rings is 1. The normalized spacial score (nSPS) is 17.0. The second-order valence-corrected chi connectivity index (χ2v) is 5.99. The van der Waals surface area contributed by atoms with E-state index >= 15 is 0 Å². The van der Waals surface area contributed by atoms with Crippen LogP contribution in [0.2, 0.25) is 0 Å². The summed E-state index contributed by atoms with van der Waals surface area (Å²) in [6.45, 7) is 5.70. The zero-order chi connectivity index (χ0) is 15.4. The highest BCUT2D eigenvalue weighted by Gasteiger charge is 2.21. The molecule has 0 aliphatic carbocycles. The Morgan fingerprint density at radius 1 is 1.14 bits per heavy atom. The molecule has 3 rings (SSSR count). The number of hydrogen-bond acceptors (Lipinski definition) is 4. The van der Waals surface area contributed by atoms with Crippen molar-refractivity contribution in [3.05, 3.63) is 47.5 Å². The average Bonchev–Trinajstić information content (AvgIpc) is 2.87. The summed E-state index contributed by atoms with van der Waals surface area (Å²) in [6, 6.07) is 10.4. The highest BCUT2D eigenvalue weighted by molar-refractivity contribution is 5.13. The van der Waals surface area contributed by atoms with Gasteiger partial charge >= 0.3 is 0 Å². The maximum atomic E-state index is 6.04. The van der Waals surface area contributed by atoms with Gasteiger partial charge in [-0.1, -0.05) is 30.3 Å². The second kappa shape index (κ2) is 7.03. The van der Waals surface area contributed by atoms with Gasteiger partial charge in [-0.25, -0.2) is 0 Å². The van der Waals surface area contributed by atoms with E-state index in [0.717, 1.165) is 44.1 Å². The van der Waals surface area contributed by atoms with Crippen LogP contribution in [0.1, 0.15) is 30.1 Å². The van der Waals surface area contributed by atoms with E-state index in [-0.39, 0.29) is 0 Å². The largest absolute Gasteiger partial charge is 0.373 e. The van der Waals surface area contributed by atoms with Crippen molar-refractivity contribution in [3.63, 3.8) is 0 Å². The molecule has 0 spiro atoms. The Morgan fingerprint density at radius 2 is 1.86 bits per heavy atom. The first-order chi connectivity index (χ1) is 10.7. The summed E-state index contributed by atoms with van der Waals surface area (Å²) in [5.41, 5.74) is 1.25. The molecule has 2 heterocycles. The fourth-order valence-corrected chi connectivity index (χ4v) is 2.81. The molecule has 22 heavy (non-hydrogen) atoms. The Morgan fingerprint density at radius 3 is 2.50 bits per heavy atom. The summed E-state index contributed by atoms with van der Waals surface area (Å²) in [5.74, 6) is 2.01. The van der Waals surface area contributed by atoms with Crippen molar-refractivity contribution in [2.24, 2.45) is 7.05 Å². The summed E-state index contributed by atoms with van der Waals surface area (Å²) < 4.78 is 8.10. The van der Waals surface area contributed by atoms with Gasteiger partial charge < -0.3 is 9.30 Å². The lowest BCUT2D eigenvalue weighted by Crippen LogP contribution is -2.37. The third kappa shape index (κ3) is 3.72. The van der Waals surface area contributed by atoms with Gasteiger partial charge in [-0.05, 0) is 25.3 Å². The van der Waals surface area contributed by atoms with Crippen molar-refractivity contribution < 1.29 is 4.74 Å². The minimum atomic E-state index is 0.373. The van der Waals surface area contributed by atoms with Crippen molar-refractivity contribution in [1.82, 2.24) is 19.7 Å². The fourth-order valence-electron chi connectivity index (χ4n) is 2.81. The number of aryl methyl sites for hydroxylation is 1. The number of hydrogen-bond donors (Lipinski definition) is 0. The van der Waals surface area contributed by atoms with E-state index in [1.165, 1.54) is 5.56 Å². The molecule has 5 nitrogen and oxygen atoms in total. The lowest BCUT2D eigenvalue weighted by atomic mass is 10.1. The molecular formula is C17H24N4O. The summed E-state index contributed by atoms with van der Waals surface area (Å²) >= 11 is 0. The first kappa shape index (κ1) is 15.2. The third-order valence-corrected chi connectivity index (χ3v) is 4.41. The quantitative estimate of drug-likeness (QED) is 0.850. The molecule has 0 radical (unpaired) electrons. The van der Waals surface area contributed by atoms with Crippen LogP contribution < -0.4 is 0 Å². The van der Waals surface area contributed by atoms with Crippen LogP contribution in [0.25, 0.3) is 0 Å². The molecule has 1 aromatic carbocycles. The van der Waals surface area contributed by atoms with Crippen LogP contribution in [0, 0.1) is 6.92 Å². The monoisotopic (exact) mass is 300 g/mol. The number of rotatable bonds is 5. The number of likely N-dealkylation sites (tertiary alicyclic amines) is 1. The fraction of sp³-hybridized carbons (Fsp3) is 0.529. The summed E-state index contributed by atoms with van der Waals surface area (Å²) in [7, 11) is 2.03. The van der Waals surface area contributed by atoms with Crippen molar-refractivity contribution >= 4 is 0 Å². The molecule has 1 saturated heterocycles. The number of aromatic nitrogens is 3. The molecular weight excluding hydrogens is 276 g/mol. The molecule has 0 N–H and O–H groups in total. The van der Waals surface area contributed by atoms with E-state index in [2.05, 4.69) is 43.9 Å². The highest BCUT2D eigenvalue weighted by atomic mass is 16.5. The van der Waals surface area contributed by atoms with Gasteiger partial charge in [0.15, 0.2) is 0 Å². The Hall–Kier alpha value is -1.72. The van der Waals surface area contributed by atoms with Gasteiger partial charge in [-0.3, -0.25) is 4.90 Å². The zero-order valence-corrected chi connectivity index (χ0v) is 13.4. The number of ether oxygens (including phenoxy) is 1. The number of nitrogens with zero attached hydrogens (tertiary/aromatic N) is 4. The highest BCUT2D eigenvalue weighted by Crippen LogP contribution is 2.17. The van der Waals surface area contributed by atoms with Crippen LogP contribution in [0.4, 0.5) is 0 Å². The Kier molecular flexibility index (Phi) is 4.85. The van der Waals surface area contributed by atoms with E-state index in [1.54, 1.807) is 0 Å². The topological polar surface area (TPSA) is 43.2 Å². The van der Waals surface area contributed by atoms with Crippen LogP contribution in [-0.2, 0) is 24.9 Å².